The highest BCUT2D eigenvalue weighted by Gasteiger charge is 2.48. The zero-order chi connectivity index (χ0) is 53.4. The van der Waals surface area contributed by atoms with E-state index in [1.54, 1.807) is 0 Å². The van der Waals surface area contributed by atoms with Gasteiger partial charge in [-0.1, -0.05) is 237 Å². The number of rotatable bonds is 10. The van der Waals surface area contributed by atoms with Crippen molar-refractivity contribution >= 4 is 88.8 Å². The van der Waals surface area contributed by atoms with Crippen molar-refractivity contribution in [2.45, 2.75) is 5.41 Å². The number of benzene rings is 13. The lowest BCUT2D eigenvalue weighted by atomic mass is 9.67. The normalized spacial score (nSPS) is 12.5. The highest BCUT2D eigenvalue weighted by molar-refractivity contribution is 6.15. The second-order valence-electron chi connectivity index (χ2n) is 21.0. The van der Waals surface area contributed by atoms with Gasteiger partial charge in [-0.3, -0.25) is 0 Å². The third-order valence-corrected chi connectivity index (χ3v) is 16.7. The summed E-state index contributed by atoms with van der Waals surface area (Å²) in [6.45, 7) is 0. The largest absolute Gasteiger partial charge is 0.455 e. The molecule has 0 amide bonds. The van der Waals surface area contributed by atoms with Crippen LogP contribution in [0.15, 0.2) is 312 Å². The van der Waals surface area contributed by atoms with E-state index in [2.05, 4.69) is 301 Å². The van der Waals surface area contributed by atoms with E-state index in [4.69, 9.17) is 8.83 Å². The molecule has 0 spiro atoms. The van der Waals surface area contributed by atoms with E-state index in [0.717, 1.165) is 106 Å². The maximum atomic E-state index is 6.79. The van der Waals surface area contributed by atoms with Crippen LogP contribution < -0.4 is 9.80 Å². The molecule has 13 aromatic carbocycles. The Labute approximate surface area is 469 Å². The summed E-state index contributed by atoms with van der Waals surface area (Å²) in [6.07, 6.45) is 0. The number of nitrogens with zero attached hydrogens (tertiary/aromatic N) is 2. The first-order valence-corrected chi connectivity index (χ1v) is 27.7. The summed E-state index contributed by atoms with van der Waals surface area (Å²) in [5.41, 5.74) is 20.4. The number of anilines is 6. The van der Waals surface area contributed by atoms with Gasteiger partial charge < -0.3 is 18.6 Å². The van der Waals surface area contributed by atoms with Gasteiger partial charge in [-0.15, -0.1) is 0 Å². The second-order valence-corrected chi connectivity index (χ2v) is 21.0. The number of hydrogen-bond donors (Lipinski definition) is 0. The van der Waals surface area contributed by atoms with Crippen molar-refractivity contribution < 1.29 is 8.83 Å². The van der Waals surface area contributed by atoms with Gasteiger partial charge in [0.1, 0.15) is 22.3 Å². The average molecular weight is 1040 g/mol. The number of para-hydroxylation sites is 8. The Balaban J connectivity index is 0.971. The van der Waals surface area contributed by atoms with E-state index >= 15 is 0 Å². The van der Waals surface area contributed by atoms with Crippen LogP contribution in [0.2, 0.25) is 0 Å². The predicted octanol–water partition coefficient (Wildman–Crippen LogP) is 21.3. The molecule has 0 atom stereocenters. The molecule has 4 heteroatoms. The molecule has 0 aliphatic heterocycles. The number of furan rings is 2. The predicted molar refractivity (Wildman–Crippen MR) is 336 cm³/mol. The minimum absolute atomic E-state index is 0.786. The van der Waals surface area contributed by atoms with Crippen molar-refractivity contribution in [2.75, 3.05) is 9.80 Å². The fourth-order valence-corrected chi connectivity index (χ4v) is 13.3. The van der Waals surface area contributed by atoms with Crippen LogP contribution in [0, 0.1) is 0 Å². The van der Waals surface area contributed by atoms with Gasteiger partial charge in [-0.2, -0.15) is 0 Å². The van der Waals surface area contributed by atoms with Gasteiger partial charge in [-0.25, -0.2) is 0 Å². The Bertz CT molecular complexity index is 4850. The third-order valence-electron chi connectivity index (χ3n) is 16.7. The SMILES string of the molecule is c1ccc(N(c2ccc3c(c2)C(c2ccccc2)(c2ccccc2)c2cc(N(c4ccccc4)c4ccccc4-c4cccc5c4oc4ccccc45)c4ccccc4c2-3)c2ccccc2-c2cccc3c2oc2ccccc23)cc1. The molecule has 0 unspecified atom stereocenters. The molecular weight excluding hydrogens is 985 g/mol. The molecule has 0 fully saturated rings. The molecule has 81 heavy (non-hydrogen) atoms. The van der Waals surface area contributed by atoms with Crippen LogP contribution in [0.5, 0.6) is 0 Å². The van der Waals surface area contributed by atoms with Crippen molar-refractivity contribution in [1.29, 1.82) is 0 Å². The summed E-state index contributed by atoms with van der Waals surface area (Å²) in [4.78, 5) is 4.91. The standard InChI is InChI=1S/C77H50N2O2/c1-5-25-51(26-6-1)77(52-27-7-2-8-28-52)67-49-55(78(53-29-9-3-10-30-53)69-43-19-15-34-57(69)62-39-23-41-64-59-36-17-21-45-72(59)80-75(62)64)47-48-66(67)74-61-38-14-13-33-56(61)71(50-68(74)77)79(54-31-11-4-12-32-54)70-44-20-16-35-58(70)63-40-24-42-65-60-37-18-22-46-73(60)81-76(63)65/h1-50H. The first kappa shape index (κ1) is 46.4. The molecule has 0 N–H and O–H groups in total. The lowest BCUT2D eigenvalue weighted by Crippen LogP contribution is -2.29. The van der Waals surface area contributed by atoms with E-state index < -0.39 is 5.41 Å². The topological polar surface area (TPSA) is 32.8 Å². The number of fused-ring (bicyclic) bond motifs is 11. The van der Waals surface area contributed by atoms with Crippen LogP contribution in [0.1, 0.15) is 22.3 Å². The maximum absolute atomic E-state index is 6.79. The van der Waals surface area contributed by atoms with E-state index in [0.29, 0.717) is 0 Å². The van der Waals surface area contributed by atoms with Crippen LogP contribution in [0.3, 0.4) is 0 Å². The summed E-state index contributed by atoms with van der Waals surface area (Å²) in [6, 6.07) is 110. The van der Waals surface area contributed by atoms with Crippen molar-refractivity contribution in [3.8, 4) is 33.4 Å². The van der Waals surface area contributed by atoms with Gasteiger partial charge in [0.05, 0.1) is 22.5 Å². The molecule has 1 aliphatic carbocycles. The molecule has 0 saturated carbocycles. The van der Waals surface area contributed by atoms with Gasteiger partial charge in [0.25, 0.3) is 0 Å². The van der Waals surface area contributed by atoms with Crippen LogP contribution in [-0.2, 0) is 5.41 Å². The molecule has 0 saturated heterocycles. The molecule has 1 aliphatic rings. The highest BCUT2D eigenvalue weighted by Crippen LogP contribution is 2.61. The third kappa shape index (κ3) is 7.17. The highest BCUT2D eigenvalue weighted by atomic mass is 16.3. The Hall–Kier alpha value is -10.7. The molecule has 4 nitrogen and oxygen atoms in total. The lowest BCUT2D eigenvalue weighted by molar-refractivity contribution is 0.669. The molecule has 380 valence electrons. The van der Waals surface area contributed by atoms with Gasteiger partial charge in [-0.05, 0) is 105 Å². The zero-order valence-corrected chi connectivity index (χ0v) is 44.1. The van der Waals surface area contributed by atoms with Gasteiger partial charge >= 0.3 is 0 Å². The van der Waals surface area contributed by atoms with Crippen molar-refractivity contribution in [2.24, 2.45) is 0 Å². The fourth-order valence-electron chi connectivity index (χ4n) is 13.3. The monoisotopic (exact) mass is 1030 g/mol. The van der Waals surface area contributed by atoms with Crippen LogP contribution >= 0.6 is 0 Å². The minimum atomic E-state index is -0.786. The van der Waals surface area contributed by atoms with Gasteiger partial charge in [0.2, 0.25) is 0 Å². The molecule has 2 aromatic heterocycles. The molecule has 0 radical (unpaired) electrons. The Morgan fingerprint density at radius 2 is 0.667 bits per heavy atom. The summed E-state index contributed by atoms with van der Waals surface area (Å²) in [5, 5.41) is 6.72. The van der Waals surface area contributed by atoms with Gasteiger partial charge in [0.15, 0.2) is 0 Å². The molecule has 15 aromatic rings. The van der Waals surface area contributed by atoms with Crippen LogP contribution in [-0.4, -0.2) is 0 Å². The molecule has 16 rings (SSSR count). The van der Waals surface area contributed by atoms with Gasteiger partial charge in [0, 0.05) is 66.2 Å². The average Bonchev–Trinajstić information content (AvgIpc) is 3.06. The zero-order valence-electron chi connectivity index (χ0n) is 44.1. The van der Waals surface area contributed by atoms with Crippen molar-refractivity contribution in [1.82, 2.24) is 0 Å². The minimum Gasteiger partial charge on any atom is -0.455 e. The maximum Gasteiger partial charge on any atom is 0.143 e. The Morgan fingerprint density at radius 3 is 1.22 bits per heavy atom. The smallest absolute Gasteiger partial charge is 0.143 e. The Morgan fingerprint density at radius 1 is 0.247 bits per heavy atom. The van der Waals surface area contributed by atoms with E-state index in [1.165, 1.54) is 38.8 Å². The lowest BCUT2D eigenvalue weighted by Gasteiger charge is -2.36. The molecule has 0 bridgehead atoms. The van der Waals surface area contributed by atoms with E-state index in [1.807, 2.05) is 12.1 Å². The first-order valence-electron chi connectivity index (χ1n) is 27.7. The summed E-state index contributed by atoms with van der Waals surface area (Å²) in [5.74, 6) is 0. The summed E-state index contributed by atoms with van der Waals surface area (Å²) in [7, 11) is 0. The van der Waals surface area contributed by atoms with Crippen LogP contribution in [0.4, 0.5) is 34.1 Å². The first-order chi connectivity index (χ1) is 40.2. The van der Waals surface area contributed by atoms with Crippen LogP contribution in [0.25, 0.3) is 88.0 Å². The Kier molecular flexibility index (Phi) is 10.8. The quantitative estimate of drug-likeness (QED) is 0.137. The second kappa shape index (κ2) is 18.8. The van der Waals surface area contributed by atoms with E-state index in [-0.39, 0.29) is 0 Å². The van der Waals surface area contributed by atoms with Crippen molar-refractivity contribution in [3.63, 3.8) is 0 Å². The summed E-state index contributed by atoms with van der Waals surface area (Å²) < 4.78 is 13.5. The summed E-state index contributed by atoms with van der Waals surface area (Å²) >= 11 is 0. The van der Waals surface area contributed by atoms with Crippen molar-refractivity contribution in [3.05, 3.63) is 326 Å². The molecule has 2 heterocycles. The molecular formula is C77H50N2O2. The fraction of sp³-hybridized carbons (Fsp3) is 0.0130. The van der Waals surface area contributed by atoms with E-state index in [9.17, 15) is 0 Å². The number of hydrogen-bond acceptors (Lipinski definition) is 4.